The second-order valence-corrected chi connectivity index (χ2v) is 10.1. The lowest BCUT2D eigenvalue weighted by Gasteiger charge is -2.10. The fraction of sp³-hybridized carbons (Fsp3) is 0.0909. The number of amides is 1. The van der Waals surface area contributed by atoms with E-state index in [0.717, 1.165) is 41.3 Å². The SMILES string of the molecule is CNCCc1ccc(Nc2nccc(-c3c(-c4cccc(NC(=O)c5ccccc5Cl)c4)nc4ccccn34)n2)cc1. The number of pyridine rings is 1. The number of fused-ring (bicyclic) bond motifs is 1. The molecule has 0 fully saturated rings. The number of nitrogens with one attached hydrogen (secondary N) is 3. The fourth-order valence-corrected chi connectivity index (χ4v) is 4.96. The molecule has 208 valence electrons. The number of rotatable bonds is 9. The van der Waals surface area contributed by atoms with Crippen molar-refractivity contribution >= 4 is 40.5 Å². The lowest BCUT2D eigenvalue weighted by molar-refractivity contribution is 0.102. The highest BCUT2D eigenvalue weighted by Gasteiger charge is 2.19. The number of nitrogens with zero attached hydrogens (tertiary/aromatic N) is 4. The Labute approximate surface area is 248 Å². The van der Waals surface area contributed by atoms with Gasteiger partial charge in [-0.15, -0.1) is 0 Å². The van der Waals surface area contributed by atoms with Gasteiger partial charge in [0.2, 0.25) is 5.95 Å². The molecular formula is C33H28ClN7O. The first-order valence-electron chi connectivity index (χ1n) is 13.6. The second-order valence-electron chi connectivity index (χ2n) is 9.69. The van der Waals surface area contributed by atoms with Crippen LogP contribution in [0.2, 0.25) is 5.02 Å². The van der Waals surface area contributed by atoms with Crippen LogP contribution in [0.3, 0.4) is 0 Å². The van der Waals surface area contributed by atoms with E-state index in [4.69, 9.17) is 21.6 Å². The second kappa shape index (κ2) is 12.2. The largest absolute Gasteiger partial charge is 0.324 e. The third-order valence-electron chi connectivity index (χ3n) is 6.81. The van der Waals surface area contributed by atoms with Gasteiger partial charge < -0.3 is 16.0 Å². The number of carbonyl (C=O) groups excluding carboxylic acids is 1. The first kappa shape index (κ1) is 27.1. The summed E-state index contributed by atoms with van der Waals surface area (Å²) in [6.45, 7) is 0.927. The van der Waals surface area contributed by atoms with Crippen molar-refractivity contribution in [2.75, 3.05) is 24.2 Å². The van der Waals surface area contributed by atoms with E-state index in [1.807, 2.05) is 78.3 Å². The van der Waals surface area contributed by atoms with E-state index < -0.39 is 0 Å². The van der Waals surface area contributed by atoms with Crippen molar-refractivity contribution in [3.05, 3.63) is 126 Å². The maximum absolute atomic E-state index is 12.9. The van der Waals surface area contributed by atoms with Crippen molar-refractivity contribution in [1.82, 2.24) is 24.7 Å². The van der Waals surface area contributed by atoms with Crippen LogP contribution in [-0.4, -0.2) is 38.9 Å². The molecule has 0 radical (unpaired) electrons. The number of aromatic nitrogens is 4. The summed E-state index contributed by atoms with van der Waals surface area (Å²) in [4.78, 5) is 27.2. The molecule has 3 heterocycles. The summed E-state index contributed by atoms with van der Waals surface area (Å²) < 4.78 is 2.01. The molecule has 6 rings (SSSR count). The van der Waals surface area contributed by atoms with Crippen LogP contribution < -0.4 is 16.0 Å². The van der Waals surface area contributed by atoms with Gasteiger partial charge in [0.15, 0.2) is 0 Å². The summed E-state index contributed by atoms with van der Waals surface area (Å²) in [5.41, 5.74) is 7.05. The molecule has 6 aromatic rings. The quantitative estimate of drug-likeness (QED) is 0.175. The van der Waals surface area contributed by atoms with Crippen LogP contribution in [0.4, 0.5) is 17.3 Å². The number of imidazole rings is 1. The summed E-state index contributed by atoms with van der Waals surface area (Å²) in [6, 6.07) is 30.5. The number of likely N-dealkylation sites (N-methyl/N-ethyl adjacent to an activating group) is 1. The number of halogens is 1. The van der Waals surface area contributed by atoms with Gasteiger partial charge in [-0.1, -0.05) is 54.1 Å². The van der Waals surface area contributed by atoms with Crippen molar-refractivity contribution < 1.29 is 4.79 Å². The minimum Gasteiger partial charge on any atom is -0.324 e. The maximum atomic E-state index is 12.9. The van der Waals surface area contributed by atoms with E-state index in [9.17, 15) is 4.79 Å². The number of hydrogen-bond acceptors (Lipinski definition) is 6. The van der Waals surface area contributed by atoms with Crippen molar-refractivity contribution in [3.63, 3.8) is 0 Å². The Balaban J connectivity index is 1.33. The smallest absolute Gasteiger partial charge is 0.257 e. The van der Waals surface area contributed by atoms with Gasteiger partial charge in [0, 0.05) is 29.3 Å². The number of carbonyl (C=O) groups is 1. The summed E-state index contributed by atoms with van der Waals surface area (Å²) in [5, 5.41) is 9.85. The summed E-state index contributed by atoms with van der Waals surface area (Å²) >= 11 is 6.24. The molecule has 1 amide bonds. The molecule has 0 aliphatic carbocycles. The molecule has 8 nitrogen and oxygen atoms in total. The van der Waals surface area contributed by atoms with Crippen LogP contribution in [-0.2, 0) is 6.42 Å². The lowest BCUT2D eigenvalue weighted by atomic mass is 10.1. The zero-order chi connectivity index (χ0) is 28.9. The van der Waals surface area contributed by atoms with Gasteiger partial charge >= 0.3 is 0 Å². The predicted octanol–water partition coefficient (Wildman–Crippen LogP) is 6.87. The number of anilines is 3. The highest BCUT2D eigenvalue weighted by atomic mass is 35.5. The van der Waals surface area contributed by atoms with Crippen molar-refractivity contribution in [2.45, 2.75) is 6.42 Å². The lowest BCUT2D eigenvalue weighted by Crippen LogP contribution is -2.12. The zero-order valence-corrected chi connectivity index (χ0v) is 23.6. The summed E-state index contributed by atoms with van der Waals surface area (Å²) in [7, 11) is 1.95. The predicted molar refractivity (Wildman–Crippen MR) is 168 cm³/mol. The van der Waals surface area contributed by atoms with E-state index >= 15 is 0 Å². The molecule has 9 heteroatoms. The van der Waals surface area contributed by atoms with Crippen LogP contribution in [0, 0.1) is 0 Å². The van der Waals surface area contributed by atoms with Gasteiger partial charge in [0.1, 0.15) is 5.65 Å². The molecular weight excluding hydrogens is 546 g/mol. The van der Waals surface area contributed by atoms with Gasteiger partial charge in [-0.3, -0.25) is 9.20 Å². The molecule has 42 heavy (non-hydrogen) atoms. The zero-order valence-electron chi connectivity index (χ0n) is 22.9. The molecule has 0 bridgehead atoms. The maximum Gasteiger partial charge on any atom is 0.257 e. The standard InChI is InChI=1S/C33H28ClN7O/c1-35-18-16-22-12-14-24(15-13-22)38-33-36-19-17-28(39-33)31-30(40-29-11-4-5-20-41(29)31)23-7-6-8-25(21-23)37-32(42)26-9-2-3-10-27(26)34/h2-15,17,19-21,35H,16,18H2,1H3,(H,37,42)(H,36,38,39). The van der Waals surface area contributed by atoms with Gasteiger partial charge in [-0.25, -0.2) is 15.0 Å². The molecule has 0 spiro atoms. The molecule has 3 aromatic heterocycles. The molecule has 0 aliphatic rings. The molecule has 3 aromatic carbocycles. The first-order valence-corrected chi connectivity index (χ1v) is 13.9. The van der Waals surface area contributed by atoms with Crippen molar-refractivity contribution in [1.29, 1.82) is 0 Å². The Morgan fingerprint density at radius 2 is 1.71 bits per heavy atom. The number of benzene rings is 3. The van der Waals surface area contributed by atoms with Gasteiger partial charge in [-0.05, 0) is 80.2 Å². The summed E-state index contributed by atoms with van der Waals surface area (Å²) in [5.74, 6) is 0.197. The molecule has 0 saturated carbocycles. The van der Waals surface area contributed by atoms with Gasteiger partial charge in [0.25, 0.3) is 5.91 Å². The van der Waals surface area contributed by atoms with Crippen LogP contribution in [0.25, 0.3) is 28.3 Å². The molecule has 0 aliphatic heterocycles. The van der Waals surface area contributed by atoms with Gasteiger partial charge in [-0.2, -0.15) is 0 Å². The molecule has 0 unspecified atom stereocenters. The van der Waals surface area contributed by atoms with Crippen LogP contribution in [0.15, 0.2) is 109 Å². The monoisotopic (exact) mass is 573 g/mol. The van der Waals surface area contributed by atoms with Crippen LogP contribution >= 0.6 is 11.6 Å². The topological polar surface area (TPSA) is 96.2 Å². The fourth-order valence-electron chi connectivity index (χ4n) is 4.73. The highest BCUT2D eigenvalue weighted by Crippen LogP contribution is 2.33. The molecule has 0 atom stereocenters. The molecule has 3 N–H and O–H groups in total. The Hall–Kier alpha value is -5.05. The van der Waals surface area contributed by atoms with E-state index in [2.05, 4.69) is 33.1 Å². The number of hydrogen-bond donors (Lipinski definition) is 3. The average molecular weight is 574 g/mol. The normalized spacial score (nSPS) is 11.0. The van der Waals surface area contributed by atoms with E-state index in [-0.39, 0.29) is 5.91 Å². The van der Waals surface area contributed by atoms with Crippen LogP contribution in [0.1, 0.15) is 15.9 Å². The average Bonchev–Trinajstić information content (AvgIpc) is 3.41. The molecule has 0 saturated heterocycles. The third-order valence-corrected chi connectivity index (χ3v) is 7.14. The van der Waals surface area contributed by atoms with Crippen molar-refractivity contribution in [3.8, 4) is 22.6 Å². The van der Waals surface area contributed by atoms with Crippen molar-refractivity contribution in [2.24, 2.45) is 0 Å². The Kier molecular flexibility index (Phi) is 7.89. The Morgan fingerprint density at radius 1 is 0.881 bits per heavy atom. The minimum absolute atomic E-state index is 0.283. The van der Waals surface area contributed by atoms with Crippen LogP contribution in [0.5, 0.6) is 0 Å². The van der Waals surface area contributed by atoms with E-state index in [1.54, 1.807) is 30.5 Å². The minimum atomic E-state index is -0.283. The van der Waals surface area contributed by atoms with Gasteiger partial charge in [0.05, 0.1) is 27.7 Å². The van der Waals surface area contributed by atoms with E-state index in [1.165, 1.54) is 5.56 Å². The highest BCUT2D eigenvalue weighted by molar-refractivity contribution is 6.34. The first-order chi connectivity index (χ1) is 20.6. The third kappa shape index (κ3) is 5.85. The summed E-state index contributed by atoms with van der Waals surface area (Å²) in [6.07, 6.45) is 4.66. The van der Waals surface area contributed by atoms with E-state index in [0.29, 0.717) is 27.9 Å². The Morgan fingerprint density at radius 3 is 2.55 bits per heavy atom. The Bertz CT molecular complexity index is 1870.